The highest BCUT2D eigenvalue weighted by Crippen LogP contribution is 2.07. The fraction of sp³-hybridized carbons (Fsp3) is 0.900. The summed E-state index contributed by atoms with van der Waals surface area (Å²) in [5, 5.41) is 3.07. The summed E-state index contributed by atoms with van der Waals surface area (Å²) >= 11 is 0. The summed E-state index contributed by atoms with van der Waals surface area (Å²) in [5.74, 6) is 0.223. The zero-order chi connectivity index (χ0) is 10.2. The molecule has 1 aliphatic heterocycles. The lowest BCUT2D eigenvalue weighted by Crippen LogP contribution is -2.41. The van der Waals surface area contributed by atoms with E-state index in [1.165, 1.54) is 6.42 Å². The van der Waals surface area contributed by atoms with Crippen molar-refractivity contribution in [2.75, 3.05) is 39.9 Å². The molecule has 0 saturated carbocycles. The van der Waals surface area contributed by atoms with Gasteiger partial charge in [-0.1, -0.05) is 0 Å². The lowest BCUT2D eigenvalue weighted by Gasteiger charge is -2.26. The zero-order valence-electron chi connectivity index (χ0n) is 8.92. The van der Waals surface area contributed by atoms with Gasteiger partial charge in [0.15, 0.2) is 0 Å². The van der Waals surface area contributed by atoms with Gasteiger partial charge in [-0.05, 0) is 19.3 Å². The van der Waals surface area contributed by atoms with E-state index in [-0.39, 0.29) is 5.91 Å². The highest BCUT2D eigenvalue weighted by molar-refractivity contribution is 5.78. The Labute approximate surface area is 85.6 Å². The third-order valence-corrected chi connectivity index (χ3v) is 2.47. The molecule has 0 aliphatic carbocycles. The van der Waals surface area contributed by atoms with Crippen molar-refractivity contribution in [2.24, 2.45) is 0 Å². The Bertz CT molecular complexity index is 168. The highest BCUT2D eigenvalue weighted by Gasteiger charge is 2.15. The fourth-order valence-corrected chi connectivity index (χ4v) is 1.62. The number of nitrogens with zero attached hydrogens (tertiary/aromatic N) is 1. The van der Waals surface area contributed by atoms with Crippen molar-refractivity contribution < 1.29 is 9.53 Å². The molecule has 14 heavy (non-hydrogen) atoms. The number of hydrogen-bond acceptors (Lipinski definition) is 3. The van der Waals surface area contributed by atoms with Crippen LogP contribution in [0.25, 0.3) is 0 Å². The second-order valence-corrected chi connectivity index (χ2v) is 3.61. The van der Waals surface area contributed by atoms with Crippen LogP contribution in [0.1, 0.15) is 19.3 Å². The molecule has 1 amide bonds. The van der Waals surface area contributed by atoms with Crippen molar-refractivity contribution in [2.45, 2.75) is 19.3 Å². The van der Waals surface area contributed by atoms with Crippen LogP contribution in [0.5, 0.6) is 0 Å². The SMILES string of the molecule is COCCNCC(=O)N1CCCCC1. The first-order chi connectivity index (χ1) is 6.84. The van der Waals surface area contributed by atoms with E-state index >= 15 is 0 Å². The van der Waals surface area contributed by atoms with Crippen molar-refractivity contribution in [3.8, 4) is 0 Å². The van der Waals surface area contributed by atoms with Crippen LogP contribution in [-0.2, 0) is 9.53 Å². The first kappa shape index (κ1) is 11.5. The summed E-state index contributed by atoms with van der Waals surface area (Å²) in [4.78, 5) is 13.5. The second-order valence-electron chi connectivity index (χ2n) is 3.61. The Morgan fingerprint density at radius 1 is 1.36 bits per heavy atom. The Hall–Kier alpha value is -0.610. The van der Waals surface area contributed by atoms with Gasteiger partial charge in [0.05, 0.1) is 13.2 Å². The number of ether oxygens (including phenoxy) is 1. The molecule has 4 nitrogen and oxygen atoms in total. The van der Waals surface area contributed by atoms with Crippen LogP contribution in [-0.4, -0.2) is 50.7 Å². The first-order valence-corrected chi connectivity index (χ1v) is 5.32. The zero-order valence-corrected chi connectivity index (χ0v) is 8.92. The van der Waals surface area contributed by atoms with Crippen LogP contribution < -0.4 is 5.32 Å². The number of nitrogens with one attached hydrogen (secondary N) is 1. The topological polar surface area (TPSA) is 41.6 Å². The summed E-state index contributed by atoms with van der Waals surface area (Å²) < 4.78 is 4.88. The molecule has 0 aromatic rings. The van der Waals surface area contributed by atoms with Crippen LogP contribution in [0.3, 0.4) is 0 Å². The third kappa shape index (κ3) is 4.07. The van der Waals surface area contributed by atoms with E-state index < -0.39 is 0 Å². The number of likely N-dealkylation sites (tertiary alicyclic amines) is 1. The maximum Gasteiger partial charge on any atom is 0.236 e. The molecule has 1 heterocycles. The minimum atomic E-state index is 0.223. The van der Waals surface area contributed by atoms with Crippen LogP contribution in [0.15, 0.2) is 0 Å². The summed E-state index contributed by atoms with van der Waals surface area (Å²) in [5.41, 5.74) is 0. The maximum atomic E-state index is 11.6. The standard InChI is InChI=1S/C10H20N2O2/c1-14-8-5-11-9-10(13)12-6-3-2-4-7-12/h11H,2-9H2,1H3. The number of rotatable bonds is 5. The molecule has 1 fully saturated rings. The molecule has 0 atom stereocenters. The summed E-state index contributed by atoms with van der Waals surface area (Å²) in [7, 11) is 1.66. The average molecular weight is 200 g/mol. The molecule has 0 unspecified atom stereocenters. The minimum absolute atomic E-state index is 0.223. The molecular formula is C10H20N2O2. The maximum absolute atomic E-state index is 11.6. The van der Waals surface area contributed by atoms with Gasteiger partial charge in [0.25, 0.3) is 0 Å². The monoisotopic (exact) mass is 200 g/mol. The van der Waals surface area contributed by atoms with Crippen molar-refractivity contribution in [1.29, 1.82) is 0 Å². The molecule has 0 radical (unpaired) electrons. The van der Waals surface area contributed by atoms with Gasteiger partial charge in [-0.15, -0.1) is 0 Å². The van der Waals surface area contributed by atoms with Crippen LogP contribution in [0, 0.1) is 0 Å². The van der Waals surface area contributed by atoms with E-state index in [4.69, 9.17) is 4.74 Å². The number of amides is 1. The summed E-state index contributed by atoms with van der Waals surface area (Å²) in [6.45, 7) is 3.72. The molecule has 0 aromatic heterocycles. The first-order valence-electron chi connectivity index (χ1n) is 5.32. The molecule has 4 heteroatoms. The van der Waals surface area contributed by atoms with E-state index in [9.17, 15) is 4.79 Å². The Morgan fingerprint density at radius 3 is 2.71 bits per heavy atom. The fourth-order valence-electron chi connectivity index (χ4n) is 1.62. The van der Waals surface area contributed by atoms with Gasteiger partial charge in [-0.2, -0.15) is 0 Å². The molecule has 1 aliphatic rings. The molecule has 1 rings (SSSR count). The lowest BCUT2D eigenvalue weighted by atomic mass is 10.1. The van der Waals surface area contributed by atoms with E-state index in [1.54, 1.807) is 7.11 Å². The van der Waals surface area contributed by atoms with Gasteiger partial charge in [-0.3, -0.25) is 4.79 Å². The predicted molar refractivity (Wildman–Crippen MR) is 55.2 cm³/mol. The van der Waals surface area contributed by atoms with Gasteiger partial charge >= 0.3 is 0 Å². The highest BCUT2D eigenvalue weighted by atomic mass is 16.5. The van der Waals surface area contributed by atoms with Crippen LogP contribution >= 0.6 is 0 Å². The van der Waals surface area contributed by atoms with E-state index in [1.807, 2.05) is 4.90 Å². The van der Waals surface area contributed by atoms with Crippen molar-refractivity contribution in [3.05, 3.63) is 0 Å². The lowest BCUT2D eigenvalue weighted by molar-refractivity contribution is -0.131. The Kier molecular flexibility index (Phi) is 5.56. The third-order valence-electron chi connectivity index (χ3n) is 2.47. The number of carbonyl (C=O) groups is 1. The number of methoxy groups -OCH3 is 1. The number of carbonyl (C=O) groups excluding carboxylic acids is 1. The van der Waals surface area contributed by atoms with Crippen LogP contribution in [0.4, 0.5) is 0 Å². The summed E-state index contributed by atoms with van der Waals surface area (Å²) in [6, 6.07) is 0. The Balaban J connectivity index is 2.07. The predicted octanol–water partition coefficient (Wildman–Crippen LogP) is 0.235. The smallest absolute Gasteiger partial charge is 0.236 e. The molecule has 0 spiro atoms. The van der Waals surface area contributed by atoms with Crippen molar-refractivity contribution in [1.82, 2.24) is 10.2 Å². The Morgan fingerprint density at radius 2 is 2.07 bits per heavy atom. The normalized spacial score (nSPS) is 17.1. The van der Waals surface area contributed by atoms with E-state index in [2.05, 4.69) is 5.32 Å². The second kappa shape index (κ2) is 6.79. The van der Waals surface area contributed by atoms with Gasteiger partial charge < -0.3 is 15.0 Å². The number of hydrogen-bond donors (Lipinski definition) is 1. The average Bonchev–Trinajstić information content (AvgIpc) is 2.25. The van der Waals surface area contributed by atoms with Gasteiger partial charge in [0.1, 0.15) is 0 Å². The van der Waals surface area contributed by atoms with E-state index in [0.717, 1.165) is 32.5 Å². The van der Waals surface area contributed by atoms with Gasteiger partial charge in [-0.25, -0.2) is 0 Å². The van der Waals surface area contributed by atoms with Crippen molar-refractivity contribution in [3.63, 3.8) is 0 Å². The molecule has 0 aromatic carbocycles. The quantitative estimate of drug-likeness (QED) is 0.646. The minimum Gasteiger partial charge on any atom is -0.383 e. The van der Waals surface area contributed by atoms with Crippen LogP contribution in [0.2, 0.25) is 0 Å². The molecule has 1 saturated heterocycles. The molecule has 1 N–H and O–H groups in total. The summed E-state index contributed by atoms with van der Waals surface area (Å²) in [6.07, 6.45) is 3.58. The largest absolute Gasteiger partial charge is 0.383 e. The van der Waals surface area contributed by atoms with E-state index in [0.29, 0.717) is 13.2 Å². The number of piperidine rings is 1. The molecule has 0 bridgehead atoms. The molecule has 82 valence electrons. The molecular weight excluding hydrogens is 180 g/mol. The van der Waals surface area contributed by atoms with Crippen molar-refractivity contribution >= 4 is 5.91 Å². The van der Waals surface area contributed by atoms with Gasteiger partial charge in [0.2, 0.25) is 5.91 Å². The van der Waals surface area contributed by atoms with Gasteiger partial charge in [0, 0.05) is 26.7 Å².